The van der Waals surface area contributed by atoms with Crippen LogP contribution in [0.2, 0.25) is 0 Å². The molecule has 0 aromatic heterocycles. The Morgan fingerprint density at radius 2 is 2.33 bits per heavy atom. The summed E-state index contributed by atoms with van der Waals surface area (Å²) in [6.07, 6.45) is -0.827. The van der Waals surface area contributed by atoms with Crippen LogP contribution in [0.15, 0.2) is 0 Å². The SMILES string of the molecule is CC(C)C(=O)OC1CCOC1O. The molecule has 2 unspecified atom stereocenters. The van der Waals surface area contributed by atoms with Crippen molar-refractivity contribution in [3.63, 3.8) is 0 Å². The van der Waals surface area contributed by atoms with E-state index in [1.165, 1.54) is 0 Å². The van der Waals surface area contributed by atoms with Gasteiger partial charge in [0.25, 0.3) is 0 Å². The molecule has 0 radical (unpaired) electrons. The van der Waals surface area contributed by atoms with Gasteiger partial charge in [-0.3, -0.25) is 4.79 Å². The van der Waals surface area contributed by atoms with Crippen LogP contribution in [0.4, 0.5) is 0 Å². The molecule has 0 amide bonds. The molecule has 0 aliphatic carbocycles. The van der Waals surface area contributed by atoms with Crippen molar-refractivity contribution in [1.82, 2.24) is 0 Å². The molecule has 1 aliphatic heterocycles. The van der Waals surface area contributed by atoms with Crippen molar-refractivity contribution in [2.24, 2.45) is 5.92 Å². The van der Waals surface area contributed by atoms with Gasteiger partial charge in [0.05, 0.1) is 12.5 Å². The molecule has 0 bridgehead atoms. The third-order valence-corrected chi connectivity index (χ3v) is 1.75. The summed E-state index contributed by atoms with van der Waals surface area (Å²) in [7, 11) is 0. The van der Waals surface area contributed by atoms with Gasteiger partial charge in [0, 0.05) is 6.42 Å². The van der Waals surface area contributed by atoms with Crippen LogP contribution < -0.4 is 0 Å². The molecule has 1 fully saturated rings. The van der Waals surface area contributed by atoms with Crippen LogP contribution in [0.1, 0.15) is 20.3 Å². The molecule has 1 N–H and O–H groups in total. The van der Waals surface area contributed by atoms with Gasteiger partial charge in [0.2, 0.25) is 0 Å². The first kappa shape index (κ1) is 9.48. The van der Waals surface area contributed by atoms with Crippen LogP contribution in [0.3, 0.4) is 0 Å². The first-order valence-corrected chi connectivity index (χ1v) is 4.11. The minimum atomic E-state index is -0.937. The van der Waals surface area contributed by atoms with Crippen LogP contribution in [-0.2, 0) is 14.3 Å². The van der Waals surface area contributed by atoms with Gasteiger partial charge < -0.3 is 14.6 Å². The first-order valence-electron chi connectivity index (χ1n) is 4.11. The Kier molecular flexibility index (Phi) is 3.05. The maximum Gasteiger partial charge on any atom is 0.308 e. The van der Waals surface area contributed by atoms with Gasteiger partial charge in [0.15, 0.2) is 12.4 Å². The highest BCUT2D eigenvalue weighted by Gasteiger charge is 2.30. The lowest BCUT2D eigenvalue weighted by atomic mass is 10.2. The van der Waals surface area contributed by atoms with E-state index >= 15 is 0 Å². The van der Waals surface area contributed by atoms with Gasteiger partial charge in [-0.2, -0.15) is 0 Å². The monoisotopic (exact) mass is 174 g/mol. The van der Waals surface area contributed by atoms with Crippen LogP contribution in [0.25, 0.3) is 0 Å². The molecule has 4 nitrogen and oxygen atoms in total. The molecule has 1 rings (SSSR count). The van der Waals surface area contributed by atoms with E-state index in [2.05, 4.69) is 0 Å². The highest BCUT2D eigenvalue weighted by Crippen LogP contribution is 2.16. The van der Waals surface area contributed by atoms with Crippen LogP contribution in [-0.4, -0.2) is 30.1 Å². The van der Waals surface area contributed by atoms with Crippen molar-refractivity contribution in [1.29, 1.82) is 0 Å². The topological polar surface area (TPSA) is 55.8 Å². The predicted octanol–water partition coefficient (Wildman–Crippen LogP) is 0.293. The van der Waals surface area contributed by atoms with Crippen molar-refractivity contribution in [3.05, 3.63) is 0 Å². The number of ether oxygens (including phenoxy) is 2. The minimum absolute atomic E-state index is 0.155. The average molecular weight is 174 g/mol. The van der Waals surface area contributed by atoms with Crippen LogP contribution in [0.5, 0.6) is 0 Å². The second kappa shape index (κ2) is 3.87. The molecule has 1 aliphatic rings. The molecule has 0 aromatic carbocycles. The van der Waals surface area contributed by atoms with Gasteiger partial charge in [-0.05, 0) is 0 Å². The number of esters is 1. The van der Waals surface area contributed by atoms with E-state index in [0.29, 0.717) is 13.0 Å². The Labute approximate surface area is 71.5 Å². The fraction of sp³-hybridized carbons (Fsp3) is 0.875. The zero-order chi connectivity index (χ0) is 9.14. The molecule has 2 atom stereocenters. The summed E-state index contributed by atoms with van der Waals surface area (Å²) in [6, 6.07) is 0. The maximum atomic E-state index is 11.1. The molecular formula is C8H14O4. The standard InChI is InChI=1S/C8H14O4/c1-5(2)7(9)12-6-3-4-11-8(6)10/h5-6,8,10H,3-4H2,1-2H3. The summed E-state index contributed by atoms with van der Waals surface area (Å²) >= 11 is 0. The number of aliphatic hydroxyl groups excluding tert-OH is 1. The van der Waals surface area contributed by atoms with E-state index in [1.54, 1.807) is 13.8 Å². The molecular weight excluding hydrogens is 160 g/mol. The van der Waals surface area contributed by atoms with E-state index in [9.17, 15) is 4.79 Å². The smallest absolute Gasteiger partial charge is 0.308 e. The lowest BCUT2D eigenvalue weighted by Gasteiger charge is -2.15. The van der Waals surface area contributed by atoms with Gasteiger partial charge in [0.1, 0.15) is 0 Å². The minimum Gasteiger partial charge on any atom is -0.457 e. The molecule has 0 saturated carbocycles. The maximum absolute atomic E-state index is 11.1. The van der Waals surface area contributed by atoms with Crippen LogP contribution in [0, 0.1) is 5.92 Å². The predicted molar refractivity (Wildman–Crippen MR) is 41.3 cm³/mol. The summed E-state index contributed by atoms with van der Waals surface area (Å²) in [6.45, 7) is 3.96. The van der Waals surface area contributed by atoms with E-state index in [-0.39, 0.29) is 11.9 Å². The number of hydrogen-bond donors (Lipinski definition) is 1. The van der Waals surface area contributed by atoms with Crippen molar-refractivity contribution < 1.29 is 19.4 Å². The van der Waals surface area contributed by atoms with Gasteiger partial charge in [-0.15, -0.1) is 0 Å². The summed E-state index contributed by atoms with van der Waals surface area (Å²) in [5.74, 6) is -0.442. The third kappa shape index (κ3) is 2.19. The van der Waals surface area contributed by atoms with E-state index in [4.69, 9.17) is 14.6 Å². The van der Waals surface area contributed by atoms with Gasteiger partial charge in [-0.1, -0.05) is 13.8 Å². The molecule has 1 saturated heterocycles. The van der Waals surface area contributed by atoms with Gasteiger partial charge in [-0.25, -0.2) is 0 Å². The van der Waals surface area contributed by atoms with Crippen LogP contribution >= 0.6 is 0 Å². The molecule has 4 heteroatoms. The summed E-state index contributed by atoms with van der Waals surface area (Å²) in [5, 5.41) is 9.12. The molecule has 0 spiro atoms. The van der Waals surface area contributed by atoms with E-state index < -0.39 is 12.4 Å². The summed E-state index contributed by atoms with van der Waals surface area (Å²) in [5.41, 5.74) is 0. The Bertz CT molecular complexity index is 166. The van der Waals surface area contributed by atoms with Crippen molar-refractivity contribution in [2.75, 3.05) is 6.61 Å². The number of hydrogen-bond acceptors (Lipinski definition) is 4. The van der Waals surface area contributed by atoms with Crippen molar-refractivity contribution in [2.45, 2.75) is 32.7 Å². The third-order valence-electron chi connectivity index (χ3n) is 1.75. The Hall–Kier alpha value is -0.610. The zero-order valence-corrected chi connectivity index (χ0v) is 7.32. The molecule has 0 aromatic rings. The van der Waals surface area contributed by atoms with E-state index in [1.807, 2.05) is 0 Å². The summed E-state index contributed by atoms with van der Waals surface area (Å²) < 4.78 is 9.80. The Balaban J connectivity index is 2.35. The second-order valence-electron chi connectivity index (χ2n) is 3.18. The molecule has 12 heavy (non-hydrogen) atoms. The largest absolute Gasteiger partial charge is 0.457 e. The van der Waals surface area contributed by atoms with Gasteiger partial charge >= 0.3 is 5.97 Å². The van der Waals surface area contributed by atoms with Crippen molar-refractivity contribution >= 4 is 5.97 Å². The highest BCUT2D eigenvalue weighted by molar-refractivity contribution is 5.71. The normalized spacial score (nSPS) is 29.3. The fourth-order valence-corrected chi connectivity index (χ4v) is 0.957. The highest BCUT2D eigenvalue weighted by atomic mass is 16.7. The quantitative estimate of drug-likeness (QED) is 0.611. The Morgan fingerprint density at radius 1 is 1.67 bits per heavy atom. The van der Waals surface area contributed by atoms with E-state index in [0.717, 1.165) is 0 Å². The summed E-state index contributed by atoms with van der Waals surface area (Å²) in [4.78, 5) is 11.1. The lowest BCUT2D eigenvalue weighted by Crippen LogP contribution is -2.28. The lowest BCUT2D eigenvalue weighted by molar-refractivity contribution is -0.169. The number of aliphatic hydroxyl groups is 1. The Morgan fingerprint density at radius 3 is 2.75 bits per heavy atom. The van der Waals surface area contributed by atoms with Crippen molar-refractivity contribution in [3.8, 4) is 0 Å². The molecule has 70 valence electrons. The zero-order valence-electron chi connectivity index (χ0n) is 7.32. The number of rotatable bonds is 2. The average Bonchev–Trinajstić information content (AvgIpc) is 2.36. The first-order chi connectivity index (χ1) is 5.61. The number of carbonyl (C=O) groups excluding carboxylic acids is 1. The molecule has 1 heterocycles. The second-order valence-corrected chi connectivity index (χ2v) is 3.18. The number of carbonyl (C=O) groups is 1. The fourth-order valence-electron chi connectivity index (χ4n) is 0.957.